The fourth-order valence-corrected chi connectivity index (χ4v) is 3.31. The molecule has 1 aromatic heterocycles. The number of rotatable bonds is 7. The van der Waals surface area contributed by atoms with Gasteiger partial charge in [0.05, 0.1) is 5.69 Å². The third kappa shape index (κ3) is 5.44. The Kier molecular flexibility index (Phi) is 7.56. The lowest BCUT2D eigenvalue weighted by atomic mass is 10.2. The number of halogens is 2. The Morgan fingerprint density at radius 3 is 2.63 bits per heavy atom. The van der Waals surface area contributed by atoms with Crippen molar-refractivity contribution in [2.24, 2.45) is 12.0 Å². The molecule has 1 N–H and O–H groups in total. The number of aryl methyl sites for hydroxylation is 1. The van der Waals surface area contributed by atoms with E-state index in [4.69, 9.17) is 9.73 Å². The molecule has 2 heterocycles. The highest BCUT2D eigenvalue weighted by atomic mass is 19.1. The summed E-state index contributed by atoms with van der Waals surface area (Å²) in [5.41, 5.74) is 0.302. The predicted molar refractivity (Wildman–Crippen MR) is 112 cm³/mol. The summed E-state index contributed by atoms with van der Waals surface area (Å²) in [4.78, 5) is 8.73. The molecule has 1 aliphatic rings. The molecule has 0 atom stereocenters. The lowest BCUT2D eigenvalue weighted by Gasteiger charge is -2.37. The van der Waals surface area contributed by atoms with E-state index in [-0.39, 0.29) is 0 Å². The first kappa shape index (κ1) is 21.9. The van der Waals surface area contributed by atoms with E-state index in [0.717, 1.165) is 36.6 Å². The van der Waals surface area contributed by atoms with Crippen molar-refractivity contribution in [3.8, 4) is 0 Å². The molecule has 1 aromatic carbocycles. The first-order valence-electron chi connectivity index (χ1n) is 10.1. The molecule has 3 rings (SSSR count). The highest BCUT2D eigenvalue weighted by Gasteiger charge is 2.22. The second-order valence-electron chi connectivity index (χ2n) is 7.21. The number of benzene rings is 1. The first-order chi connectivity index (χ1) is 14.5. The minimum absolute atomic E-state index is 0.302. The molecule has 1 aliphatic heterocycles. The maximum Gasteiger partial charge on any atom is 0.194 e. The highest BCUT2D eigenvalue weighted by molar-refractivity contribution is 5.80. The molecule has 1 fully saturated rings. The zero-order valence-electron chi connectivity index (χ0n) is 17.7. The number of methoxy groups -OCH3 is 1. The van der Waals surface area contributed by atoms with Crippen molar-refractivity contribution >= 4 is 11.6 Å². The molecular weight excluding hydrogens is 392 g/mol. The monoisotopic (exact) mass is 421 g/mol. The number of hydrogen-bond donors (Lipinski definition) is 1. The Morgan fingerprint density at radius 1 is 1.20 bits per heavy atom. The van der Waals surface area contributed by atoms with Crippen molar-refractivity contribution in [1.29, 1.82) is 0 Å². The van der Waals surface area contributed by atoms with Gasteiger partial charge in [-0.15, -0.1) is 10.2 Å². The van der Waals surface area contributed by atoms with E-state index >= 15 is 0 Å². The molecular formula is C20H29F2N7O. The van der Waals surface area contributed by atoms with Crippen LogP contribution in [-0.2, 0) is 18.3 Å². The van der Waals surface area contributed by atoms with Crippen molar-refractivity contribution in [2.45, 2.75) is 19.9 Å². The Labute approximate surface area is 175 Å². The molecule has 8 nitrogen and oxygen atoms in total. The van der Waals surface area contributed by atoms with Gasteiger partial charge >= 0.3 is 0 Å². The Hall–Kier alpha value is -2.75. The van der Waals surface area contributed by atoms with Crippen LogP contribution in [0.2, 0.25) is 0 Å². The van der Waals surface area contributed by atoms with E-state index in [9.17, 15) is 8.78 Å². The molecule has 10 heteroatoms. The molecule has 0 amide bonds. The maximum absolute atomic E-state index is 14.1. The summed E-state index contributed by atoms with van der Waals surface area (Å²) < 4.78 is 34.7. The van der Waals surface area contributed by atoms with E-state index in [1.54, 1.807) is 7.11 Å². The van der Waals surface area contributed by atoms with Crippen LogP contribution in [0, 0.1) is 18.6 Å². The number of aromatic nitrogens is 3. The van der Waals surface area contributed by atoms with Gasteiger partial charge in [-0.25, -0.2) is 13.8 Å². The van der Waals surface area contributed by atoms with Crippen LogP contribution in [0.15, 0.2) is 23.2 Å². The van der Waals surface area contributed by atoms with Crippen LogP contribution in [-0.4, -0.2) is 72.1 Å². The summed E-state index contributed by atoms with van der Waals surface area (Å²) in [6, 6.07) is 3.56. The molecule has 2 aromatic rings. The minimum Gasteiger partial charge on any atom is -0.385 e. The normalized spacial score (nSPS) is 15.0. The van der Waals surface area contributed by atoms with Crippen LogP contribution in [0.3, 0.4) is 0 Å². The highest BCUT2D eigenvalue weighted by Crippen LogP contribution is 2.22. The zero-order valence-corrected chi connectivity index (χ0v) is 17.7. The summed E-state index contributed by atoms with van der Waals surface area (Å²) in [5.74, 6) is 1.54. The molecule has 0 unspecified atom stereocenters. The molecule has 0 bridgehead atoms. The van der Waals surface area contributed by atoms with Crippen LogP contribution in [0.5, 0.6) is 0 Å². The smallest absolute Gasteiger partial charge is 0.194 e. The average Bonchev–Trinajstić information content (AvgIpc) is 3.07. The lowest BCUT2D eigenvalue weighted by molar-refractivity contribution is 0.195. The fourth-order valence-electron chi connectivity index (χ4n) is 3.31. The lowest BCUT2D eigenvalue weighted by Crippen LogP contribution is -2.53. The summed E-state index contributed by atoms with van der Waals surface area (Å²) in [7, 11) is 3.59. The van der Waals surface area contributed by atoms with Crippen LogP contribution in [0.25, 0.3) is 0 Å². The number of guanidine groups is 1. The summed E-state index contributed by atoms with van der Waals surface area (Å²) in [5, 5.41) is 11.6. The van der Waals surface area contributed by atoms with E-state index in [1.165, 1.54) is 12.1 Å². The Bertz CT molecular complexity index is 863. The molecule has 1 saturated heterocycles. The topological polar surface area (TPSA) is 70.8 Å². The zero-order chi connectivity index (χ0) is 21.5. The van der Waals surface area contributed by atoms with Crippen molar-refractivity contribution in [3.63, 3.8) is 0 Å². The molecule has 30 heavy (non-hydrogen) atoms. The molecule has 0 aliphatic carbocycles. The maximum atomic E-state index is 14.1. The third-order valence-electron chi connectivity index (χ3n) is 5.19. The molecule has 0 spiro atoms. The van der Waals surface area contributed by atoms with Gasteiger partial charge in [0.2, 0.25) is 0 Å². The number of nitrogens with one attached hydrogen (secondary N) is 1. The average molecular weight is 421 g/mol. The summed E-state index contributed by atoms with van der Waals surface area (Å²) in [6.07, 6.45) is 0.854. The van der Waals surface area contributed by atoms with Gasteiger partial charge in [-0.05, 0) is 25.5 Å². The number of ether oxygens (including phenoxy) is 1. The standard InChI is InChI=1S/C20H29F2N7O/c1-15-25-26-19(27(15)2)14-24-20(23-7-4-12-30-3)29-10-8-28(9-11-29)18-13-16(21)5-6-17(18)22/h5-6,13H,4,7-12,14H2,1-3H3,(H,23,24). The van der Waals surface area contributed by atoms with Crippen LogP contribution < -0.4 is 10.2 Å². The molecule has 0 radical (unpaired) electrons. The van der Waals surface area contributed by atoms with Crippen molar-refractivity contribution in [2.75, 3.05) is 51.3 Å². The molecule has 0 saturated carbocycles. The SMILES string of the molecule is COCCCNC(=NCc1nnc(C)n1C)N1CCN(c2cc(F)ccc2F)CC1. The molecule has 164 valence electrons. The van der Waals surface area contributed by atoms with Crippen molar-refractivity contribution in [3.05, 3.63) is 41.5 Å². The number of anilines is 1. The van der Waals surface area contributed by atoms with E-state index < -0.39 is 11.6 Å². The predicted octanol–water partition coefficient (Wildman–Crippen LogP) is 1.71. The van der Waals surface area contributed by atoms with Crippen LogP contribution in [0.4, 0.5) is 14.5 Å². The van der Waals surface area contributed by atoms with Gasteiger partial charge in [-0.2, -0.15) is 0 Å². The Morgan fingerprint density at radius 2 is 1.97 bits per heavy atom. The number of hydrogen-bond acceptors (Lipinski definition) is 5. The van der Waals surface area contributed by atoms with Gasteiger partial charge in [0.15, 0.2) is 11.8 Å². The van der Waals surface area contributed by atoms with E-state index in [2.05, 4.69) is 20.4 Å². The summed E-state index contributed by atoms with van der Waals surface area (Å²) in [6.45, 7) is 6.12. The number of piperazine rings is 1. The first-order valence-corrected chi connectivity index (χ1v) is 10.1. The summed E-state index contributed by atoms with van der Waals surface area (Å²) >= 11 is 0. The quantitative estimate of drug-likeness (QED) is 0.417. The number of nitrogens with zero attached hydrogens (tertiary/aromatic N) is 6. The largest absolute Gasteiger partial charge is 0.385 e. The van der Waals surface area contributed by atoms with Gasteiger partial charge in [0, 0.05) is 59.6 Å². The van der Waals surface area contributed by atoms with Crippen LogP contribution >= 0.6 is 0 Å². The van der Waals surface area contributed by atoms with Gasteiger partial charge in [0.1, 0.15) is 24.0 Å². The van der Waals surface area contributed by atoms with E-state index in [0.29, 0.717) is 45.0 Å². The van der Waals surface area contributed by atoms with Crippen molar-refractivity contribution < 1.29 is 13.5 Å². The minimum atomic E-state index is -0.435. The number of aliphatic imine (C=N–C) groups is 1. The second-order valence-corrected chi connectivity index (χ2v) is 7.21. The van der Waals surface area contributed by atoms with Crippen LogP contribution in [0.1, 0.15) is 18.1 Å². The van der Waals surface area contributed by atoms with Gasteiger partial charge in [-0.1, -0.05) is 0 Å². The second kappa shape index (κ2) is 10.3. The Balaban J connectivity index is 1.66. The van der Waals surface area contributed by atoms with Crippen molar-refractivity contribution in [1.82, 2.24) is 25.0 Å². The van der Waals surface area contributed by atoms with Gasteiger partial charge < -0.3 is 24.4 Å². The van der Waals surface area contributed by atoms with Gasteiger partial charge in [0.25, 0.3) is 0 Å². The van der Waals surface area contributed by atoms with Gasteiger partial charge in [-0.3, -0.25) is 0 Å². The van der Waals surface area contributed by atoms with E-state index in [1.807, 2.05) is 23.4 Å². The third-order valence-corrected chi connectivity index (χ3v) is 5.19. The fraction of sp³-hybridized carbons (Fsp3) is 0.550.